The predicted molar refractivity (Wildman–Crippen MR) is 108 cm³/mol. The fourth-order valence-electron chi connectivity index (χ4n) is 3.86. The average Bonchev–Trinajstić information content (AvgIpc) is 3.15. The minimum absolute atomic E-state index is 0.236. The van der Waals surface area contributed by atoms with Crippen molar-refractivity contribution in [3.05, 3.63) is 59.3 Å². The van der Waals surface area contributed by atoms with Crippen molar-refractivity contribution in [2.24, 2.45) is 0 Å². The van der Waals surface area contributed by atoms with Gasteiger partial charge in [0.1, 0.15) is 11.5 Å². The first-order valence-corrected chi connectivity index (χ1v) is 8.97. The van der Waals surface area contributed by atoms with Crippen LogP contribution < -0.4 is 9.47 Å². The molecule has 0 saturated heterocycles. The number of ether oxygens (including phenoxy) is 2. The highest BCUT2D eigenvalue weighted by Crippen LogP contribution is 2.44. The van der Waals surface area contributed by atoms with E-state index in [-0.39, 0.29) is 5.91 Å². The summed E-state index contributed by atoms with van der Waals surface area (Å²) >= 11 is 0. The molecule has 0 radical (unpaired) electrons. The molecule has 6 heteroatoms. The second kappa shape index (κ2) is 6.73. The van der Waals surface area contributed by atoms with Crippen LogP contribution in [0.5, 0.6) is 11.5 Å². The van der Waals surface area contributed by atoms with Crippen molar-refractivity contribution in [2.75, 3.05) is 21.3 Å². The largest absolute Gasteiger partial charge is 0.497 e. The van der Waals surface area contributed by atoms with Gasteiger partial charge in [0.2, 0.25) is 0 Å². The number of nitrogens with one attached hydrogen (secondary N) is 1. The molecule has 0 saturated carbocycles. The van der Waals surface area contributed by atoms with Crippen LogP contribution in [0.25, 0.3) is 22.0 Å². The van der Waals surface area contributed by atoms with Gasteiger partial charge in [0.25, 0.3) is 5.91 Å². The van der Waals surface area contributed by atoms with Gasteiger partial charge in [-0.05, 0) is 31.2 Å². The van der Waals surface area contributed by atoms with Crippen LogP contribution in [0.15, 0.2) is 42.5 Å². The Bertz CT molecular complexity index is 1110. The number of aliphatic hydroxyl groups is 1. The molecule has 2 aromatic carbocycles. The fourth-order valence-corrected chi connectivity index (χ4v) is 3.86. The molecule has 0 bridgehead atoms. The number of likely N-dealkylation sites (N-methyl/N-ethyl adjacent to an activating group) is 1. The zero-order valence-electron chi connectivity index (χ0n) is 16.2. The second-order valence-corrected chi connectivity index (χ2v) is 6.82. The van der Waals surface area contributed by atoms with E-state index >= 15 is 0 Å². The van der Waals surface area contributed by atoms with Crippen LogP contribution in [0, 0.1) is 6.92 Å². The lowest BCUT2D eigenvalue weighted by Gasteiger charge is -2.19. The summed E-state index contributed by atoms with van der Waals surface area (Å²) in [6, 6.07) is 13.2. The quantitative estimate of drug-likeness (QED) is 0.731. The number of rotatable bonds is 4. The van der Waals surface area contributed by atoms with E-state index in [0.29, 0.717) is 28.2 Å². The van der Waals surface area contributed by atoms with Gasteiger partial charge in [-0.1, -0.05) is 18.2 Å². The van der Waals surface area contributed by atoms with E-state index in [4.69, 9.17) is 9.47 Å². The van der Waals surface area contributed by atoms with Gasteiger partial charge in [0.15, 0.2) is 6.23 Å². The number of hydrogen-bond acceptors (Lipinski definition) is 4. The Labute approximate surface area is 163 Å². The highest BCUT2D eigenvalue weighted by atomic mass is 16.5. The van der Waals surface area contributed by atoms with Crippen LogP contribution in [0.1, 0.15) is 16.8 Å². The van der Waals surface area contributed by atoms with Gasteiger partial charge >= 0.3 is 0 Å². The van der Waals surface area contributed by atoms with E-state index in [0.717, 1.165) is 22.2 Å². The lowest BCUT2D eigenvalue weighted by molar-refractivity contribution is -0.127. The van der Waals surface area contributed by atoms with Crippen molar-refractivity contribution in [1.82, 2.24) is 9.88 Å². The first-order chi connectivity index (χ1) is 13.5. The van der Waals surface area contributed by atoms with Crippen molar-refractivity contribution < 1.29 is 19.4 Å². The maximum absolute atomic E-state index is 13.2. The number of aliphatic hydroxyl groups excluding tert-OH is 1. The summed E-state index contributed by atoms with van der Waals surface area (Å²) in [5, 5.41) is 11.9. The molecule has 1 unspecified atom stereocenters. The minimum Gasteiger partial charge on any atom is -0.497 e. The topological polar surface area (TPSA) is 74.8 Å². The third kappa shape index (κ3) is 2.57. The molecule has 0 fully saturated rings. The first-order valence-electron chi connectivity index (χ1n) is 8.97. The Morgan fingerprint density at radius 3 is 2.57 bits per heavy atom. The highest BCUT2D eigenvalue weighted by Gasteiger charge is 2.40. The lowest BCUT2D eigenvalue weighted by Crippen LogP contribution is -2.31. The number of carbonyl (C=O) groups is 1. The minimum atomic E-state index is -1.09. The van der Waals surface area contributed by atoms with Crippen LogP contribution in [0.3, 0.4) is 0 Å². The van der Waals surface area contributed by atoms with E-state index < -0.39 is 6.23 Å². The molecule has 4 rings (SSSR count). The number of para-hydroxylation sites is 1. The van der Waals surface area contributed by atoms with Gasteiger partial charge < -0.3 is 24.5 Å². The van der Waals surface area contributed by atoms with Gasteiger partial charge in [0.05, 0.1) is 19.8 Å². The Kier molecular flexibility index (Phi) is 4.35. The summed E-state index contributed by atoms with van der Waals surface area (Å²) in [6.07, 6.45) is -1.09. The van der Waals surface area contributed by atoms with Crippen molar-refractivity contribution in [3.8, 4) is 11.5 Å². The molecule has 3 aromatic rings. The molecule has 1 atom stereocenters. The number of fused-ring (bicyclic) bond motifs is 1. The van der Waals surface area contributed by atoms with E-state index in [1.165, 1.54) is 4.90 Å². The smallest absolute Gasteiger partial charge is 0.257 e. The predicted octanol–water partition coefficient (Wildman–Crippen LogP) is 3.19. The number of amides is 1. The Hall–Kier alpha value is -3.25. The Morgan fingerprint density at radius 1 is 1.11 bits per heavy atom. The van der Waals surface area contributed by atoms with Crippen molar-refractivity contribution in [3.63, 3.8) is 0 Å². The summed E-state index contributed by atoms with van der Waals surface area (Å²) in [6.45, 7) is 1.93. The maximum atomic E-state index is 13.2. The highest BCUT2D eigenvalue weighted by molar-refractivity contribution is 6.33. The van der Waals surface area contributed by atoms with E-state index in [1.807, 2.05) is 31.2 Å². The molecule has 28 heavy (non-hydrogen) atoms. The zero-order chi connectivity index (χ0) is 20.0. The third-order valence-corrected chi connectivity index (χ3v) is 5.27. The number of carbonyl (C=O) groups excluding carboxylic acids is 1. The molecule has 1 aliphatic rings. The van der Waals surface area contributed by atoms with Gasteiger partial charge in [-0.3, -0.25) is 4.79 Å². The molecule has 1 aliphatic heterocycles. The third-order valence-electron chi connectivity index (χ3n) is 5.27. The number of H-pyrrole nitrogens is 1. The molecular formula is C22H22N2O4. The summed E-state index contributed by atoms with van der Waals surface area (Å²) < 4.78 is 10.9. The van der Waals surface area contributed by atoms with Crippen molar-refractivity contribution >= 4 is 28.0 Å². The number of benzene rings is 2. The normalized spacial score (nSPS) is 17.0. The van der Waals surface area contributed by atoms with Crippen LogP contribution >= 0.6 is 0 Å². The molecule has 1 aromatic heterocycles. The van der Waals surface area contributed by atoms with Gasteiger partial charge in [-0.15, -0.1) is 0 Å². The number of hydrogen-bond donors (Lipinski definition) is 2. The second-order valence-electron chi connectivity index (χ2n) is 6.82. The van der Waals surface area contributed by atoms with Crippen molar-refractivity contribution in [2.45, 2.75) is 13.2 Å². The van der Waals surface area contributed by atoms with E-state index in [1.54, 1.807) is 39.5 Å². The molecule has 1 amide bonds. The van der Waals surface area contributed by atoms with Crippen LogP contribution in [-0.2, 0) is 4.79 Å². The van der Waals surface area contributed by atoms with Gasteiger partial charge in [-0.2, -0.15) is 0 Å². The molecule has 0 spiro atoms. The molecular weight excluding hydrogens is 356 g/mol. The Morgan fingerprint density at radius 2 is 1.86 bits per heavy atom. The van der Waals surface area contributed by atoms with Gasteiger partial charge in [-0.25, -0.2) is 0 Å². The standard InChI is InChI=1S/C22H22N2O4/c1-12-18(14-7-5-6-8-16(14)23-12)20-19(21(25)24(2)22(20)26)15-11-13(27-3)9-10-17(15)28-4/h5-11,21,23,25H,1-4H3. The summed E-state index contributed by atoms with van der Waals surface area (Å²) in [7, 11) is 4.74. The number of methoxy groups -OCH3 is 2. The molecule has 2 heterocycles. The van der Waals surface area contributed by atoms with Crippen LogP contribution in [0.4, 0.5) is 0 Å². The Balaban J connectivity index is 2.08. The fraction of sp³-hybridized carbons (Fsp3) is 0.227. The maximum Gasteiger partial charge on any atom is 0.257 e. The lowest BCUT2D eigenvalue weighted by atomic mass is 9.93. The molecule has 6 nitrogen and oxygen atoms in total. The number of aromatic nitrogens is 1. The van der Waals surface area contributed by atoms with E-state index in [2.05, 4.69) is 4.98 Å². The number of aryl methyl sites for hydroxylation is 1. The summed E-state index contributed by atoms with van der Waals surface area (Å²) in [5.74, 6) is 0.945. The molecule has 2 N–H and O–H groups in total. The monoisotopic (exact) mass is 378 g/mol. The summed E-state index contributed by atoms with van der Waals surface area (Å²) in [5.41, 5.74) is 4.21. The number of aromatic amines is 1. The van der Waals surface area contributed by atoms with Crippen LogP contribution in [-0.4, -0.2) is 48.4 Å². The van der Waals surface area contributed by atoms with E-state index in [9.17, 15) is 9.90 Å². The van der Waals surface area contributed by atoms with Crippen LogP contribution in [0.2, 0.25) is 0 Å². The molecule has 144 valence electrons. The SMILES string of the molecule is COc1ccc(OC)c(C2=C(c3c(C)[nH]c4ccccc34)C(=O)N(C)C2O)c1. The van der Waals surface area contributed by atoms with Gasteiger partial charge in [0, 0.05) is 40.3 Å². The number of nitrogens with zero attached hydrogens (tertiary/aromatic N) is 1. The zero-order valence-corrected chi connectivity index (χ0v) is 16.2. The molecule has 0 aliphatic carbocycles. The summed E-state index contributed by atoms with van der Waals surface area (Å²) in [4.78, 5) is 17.8. The van der Waals surface area contributed by atoms with Crippen molar-refractivity contribution in [1.29, 1.82) is 0 Å². The first kappa shape index (κ1) is 18.1. The average molecular weight is 378 g/mol.